The molecule has 0 saturated carbocycles. The van der Waals surface area contributed by atoms with Crippen molar-refractivity contribution >= 4 is 34.4 Å². The molecule has 1 atom stereocenters. The summed E-state index contributed by atoms with van der Waals surface area (Å²) in [4.78, 5) is 56.1. The maximum absolute atomic E-state index is 12.6. The number of aliphatic carboxylic acids is 1. The summed E-state index contributed by atoms with van der Waals surface area (Å²) in [5.41, 5.74) is 3.40. The van der Waals surface area contributed by atoms with E-state index in [4.69, 9.17) is 11.5 Å². The van der Waals surface area contributed by atoms with E-state index in [-0.39, 0.29) is 48.7 Å². The second-order valence-corrected chi connectivity index (χ2v) is 9.55. The number of nitrogens with zero attached hydrogens (tertiary/aromatic N) is 2. The highest BCUT2D eigenvalue weighted by atomic mass is 16.4. The number of hydrogen-bond donors (Lipinski definition) is 5. The van der Waals surface area contributed by atoms with Crippen LogP contribution >= 0.6 is 0 Å². The fraction of sp³-hybridized carbons (Fsp3) is 0.345. The number of benzene rings is 2. The molecule has 1 aliphatic carbocycles. The van der Waals surface area contributed by atoms with Gasteiger partial charge in [0.25, 0.3) is 11.5 Å². The number of aryl methyl sites for hydroxylation is 1. The van der Waals surface area contributed by atoms with Crippen LogP contribution in [0.15, 0.2) is 41.2 Å². The number of carboxylic acids is 1. The Bertz CT molecular complexity index is 1510. The van der Waals surface area contributed by atoms with Gasteiger partial charge in [0, 0.05) is 43.2 Å². The van der Waals surface area contributed by atoms with Gasteiger partial charge in [-0.2, -0.15) is 0 Å². The number of carbonyl (C=O) groups is 3. The number of fused-ring (bicyclic) bond motifs is 2. The third-order valence-corrected chi connectivity index (χ3v) is 6.83. The Hall–Kier alpha value is -4.69. The number of rotatable bonds is 12. The number of amides is 2. The molecule has 2 aromatic carbocycles. The van der Waals surface area contributed by atoms with Crippen LogP contribution in [0.4, 0.5) is 5.69 Å². The fourth-order valence-electron chi connectivity index (χ4n) is 4.84. The van der Waals surface area contributed by atoms with Crippen LogP contribution in [0.1, 0.15) is 65.5 Å². The van der Waals surface area contributed by atoms with E-state index in [1.54, 1.807) is 29.2 Å². The summed E-state index contributed by atoms with van der Waals surface area (Å²) in [5.74, 6) is -1.14. The van der Waals surface area contributed by atoms with Gasteiger partial charge in [-0.25, -0.2) is 4.98 Å². The SMILES string of the molecule is C#CN(c1ccc(C(=O)NCCCC(=O)NCCCC(=O)O)cc1)C1CCc2cc3nc(CO)[nH]c(=O)c3cc21. The minimum absolute atomic E-state index is 0.00498. The Labute approximate surface area is 230 Å². The van der Waals surface area contributed by atoms with Crippen molar-refractivity contribution in [1.82, 2.24) is 20.6 Å². The molecule has 1 aromatic heterocycles. The zero-order valence-electron chi connectivity index (χ0n) is 21.9. The van der Waals surface area contributed by atoms with Gasteiger partial charge >= 0.3 is 5.97 Å². The van der Waals surface area contributed by atoms with Crippen LogP contribution in [-0.2, 0) is 22.6 Å². The molecule has 0 spiro atoms. The molecule has 0 fully saturated rings. The van der Waals surface area contributed by atoms with Crippen molar-refractivity contribution in [2.45, 2.75) is 51.2 Å². The molecule has 3 aromatic rings. The number of nitrogens with one attached hydrogen (secondary N) is 3. The molecule has 208 valence electrons. The van der Waals surface area contributed by atoms with E-state index in [2.05, 4.69) is 26.6 Å². The topological polar surface area (TPSA) is 165 Å². The lowest BCUT2D eigenvalue weighted by Crippen LogP contribution is -2.28. The highest BCUT2D eigenvalue weighted by molar-refractivity contribution is 5.94. The maximum atomic E-state index is 12.6. The average Bonchev–Trinajstić information content (AvgIpc) is 3.35. The van der Waals surface area contributed by atoms with E-state index < -0.39 is 5.97 Å². The van der Waals surface area contributed by atoms with Crippen molar-refractivity contribution in [2.24, 2.45) is 0 Å². The molecule has 1 unspecified atom stereocenters. The van der Waals surface area contributed by atoms with Gasteiger partial charge in [-0.15, -0.1) is 0 Å². The Kier molecular flexibility index (Phi) is 9.14. The molecule has 0 saturated heterocycles. The number of hydrogen-bond acceptors (Lipinski definition) is 7. The summed E-state index contributed by atoms with van der Waals surface area (Å²) in [6.07, 6.45) is 8.47. The standard InChI is InChI=1S/C29H31N5O6/c1-2-34(24-12-9-19-15-23-22(16-21(19)24)29(40)33-25(17-35)32-23)20-10-7-18(8-11-20)28(39)31-14-3-5-26(36)30-13-4-6-27(37)38/h1,7-8,10-11,15-16,24,35H,3-6,9,12-14,17H2,(H,30,36)(H,31,39)(H,37,38)(H,32,33,40). The van der Waals surface area contributed by atoms with Crippen LogP contribution < -0.4 is 21.1 Å². The first-order chi connectivity index (χ1) is 19.3. The number of carbonyl (C=O) groups excluding carboxylic acids is 2. The molecule has 1 heterocycles. The Morgan fingerprint density at radius 2 is 1.82 bits per heavy atom. The number of carboxylic acid groups (broad SMARTS) is 1. The monoisotopic (exact) mass is 545 g/mol. The Morgan fingerprint density at radius 1 is 1.10 bits per heavy atom. The van der Waals surface area contributed by atoms with E-state index >= 15 is 0 Å². The summed E-state index contributed by atoms with van der Waals surface area (Å²) in [5, 5.41) is 23.8. The molecule has 1 aliphatic rings. The fourth-order valence-corrected chi connectivity index (χ4v) is 4.84. The Balaban J connectivity index is 1.35. The third kappa shape index (κ3) is 6.65. The van der Waals surface area contributed by atoms with E-state index in [0.29, 0.717) is 42.4 Å². The van der Waals surface area contributed by atoms with E-state index in [1.807, 2.05) is 12.1 Å². The zero-order valence-corrected chi connectivity index (χ0v) is 21.9. The molecule has 0 bridgehead atoms. The summed E-state index contributed by atoms with van der Waals surface area (Å²) in [6.45, 7) is 0.279. The second kappa shape index (κ2) is 12.9. The van der Waals surface area contributed by atoms with Gasteiger partial charge in [-0.05, 0) is 73.2 Å². The number of H-pyrrole nitrogens is 1. The molecule has 0 radical (unpaired) electrons. The van der Waals surface area contributed by atoms with Crippen molar-refractivity contribution in [3.05, 3.63) is 69.3 Å². The number of aliphatic hydroxyl groups is 1. The second-order valence-electron chi connectivity index (χ2n) is 9.55. The van der Waals surface area contributed by atoms with Crippen molar-refractivity contribution in [3.63, 3.8) is 0 Å². The molecule has 40 heavy (non-hydrogen) atoms. The van der Waals surface area contributed by atoms with Crippen LogP contribution in [0.25, 0.3) is 10.9 Å². The van der Waals surface area contributed by atoms with Crippen molar-refractivity contribution in [3.8, 4) is 12.5 Å². The zero-order chi connectivity index (χ0) is 28.6. The van der Waals surface area contributed by atoms with Crippen LogP contribution in [-0.4, -0.2) is 51.1 Å². The van der Waals surface area contributed by atoms with Crippen LogP contribution in [0.3, 0.4) is 0 Å². The van der Waals surface area contributed by atoms with Gasteiger partial charge in [0.15, 0.2) is 0 Å². The third-order valence-electron chi connectivity index (χ3n) is 6.83. The lowest BCUT2D eigenvalue weighted by molar-refractivity contribution is -0.137. The molecule has 11 nitrogen and oxygen atoms in total. The van der Waals surface area contributed by atoms with Gasteiger partial charge in [-0.1, -0.05) is 6.42 Å². The summed E-state index contributed by atoms with van der Waals surface area (Å²) in [6, 6.07) is 13.2. The largest absolute Gasteiger partial charge is 0.481 e. The molecule has 2 amide bonds. The number of aromatic amines is 1. The molecule has 5 N–H and O–H groups in total. The first-order valence-corrected chi connectivity index (χ1v) is 13.1. The minimum atomic E-state index is -0.899. The molecular formula is C29H31N5O6. The summed E-state index contributed by atoms with van der Waals surface area (Å²) in [7, 11) is 0. The van der Waals surface area contributed by atoms with Gasteiger partial charge in [-0.3, -0.25) is 24.1 Å². The lowest BCUT2D eigenvalue weighted by Gasteiger charge is -2.26. The number of aromatic nitrogens is 2. The maximum Gasteiger partial charge on any atom is 0.303 e. The van der Waals surface area contributed by atoms with Crippen molar-refractivity contribution in [2.75, 3.05) is 18.0 Å². The van der Waals surface area contributed by atoms with E-state index in [1.165, 1.54) is 0 Å². The van der Waals surface area contributed by atoms with E-state index in [0.717, 1.165) is 29.7 Å². The first-order valence-electron chi connectivity index (χ1n) is 13.1. The highest BCUT2D eigenvalue weighted by Crippen LogP contribution is 2.39. The predicted molar refractivity (Wildman–Crippen MR) is 149 cm³/mol. The quantitative estimate of drug-likeness (QED) is 0.131. The minimum Gasteiger partial charge on any atom is -0.481 e. The average molecular weight is 546 g/mol. The van der Waals surface area contributed by atoms with Gasteiger partial charge < -0.3 is 25.8 Å². The molecule has 4 rings (SSSR count). The predicted octanol–water partition coefficient (Wildman–Crippen LogP) is 1.99. The lowest BCUT2D eigenvalue weighted by atomic mass is 10.0. The summed E-state index contributed by atoms with van der Waals surface area (Å²) >= 11 is 0. The Morgan fingerprint density at radius 3 is 2.52 bits per heavy atom. The van der Waals surface area contributed by atoms with Crippen molar-refractivity contribution < 1.29 is 24.6 Å². The number of terminal acetylenes is 1. The van der Waals surface area contributed by atoms with Gasteiger partial charge in [0.1, 0.15) is 12.4 Å². The van der Waals surface area contributed by atoms with Crippen LogP contribution in [0, 0.1) is 12.5 Å². The molecular weight excluding hydrogens is 514 g/mol. The number of anilines is 1. The van der Waals surface area contributed by atoms with Gasteiger partial charge in [0.2, 0.25) is 5.91 Å². The smallest absolute Gasteiger partial charge is 0.303 e. The van der Waals surface area contributed by atoms with E-state index in [9.17, 15) is 24.3 Å². The van der Waals surface area contributed by atoms with Crippen LogP contribution in [0.2, 0.25) is 0 Å². The van der Waals surface area contributed by atoms with Crippen LogP contribution in [0.5, 0.6) is 0 Å². The first kappa shape index (κ1) is 28.3. The summed E-state index contributed by atoms with van der Waals surface area (Å²) < 4.78 is 0. The van der Waals surface area contributed by atoms with Gasteiger partial charge in [0.05, 0.1) is 16.9 Å². The highest BCUT2D eigenvalue weighted by Gasteiger charge is 2.29. The normalized spacial score (nSPS) is 13.8. The molecule has 11 heteroatoms. The van der Waals surface area contributed by atoms with Crippen molar-refractivity contribution in [1.29, 1.82) is 0 Å². The molecule has 0 aliphatic heterocycles. The number of aliphatic hydroxyl groups excluding tert-OH is 1.